The van der Waals surface area contributed by atoms with E-state index in [0.29, 0.717) is 26.1 Å². The van der Waals surface area contributed by atoms with E-state index in [4.69, 9.17) is 5.73 Å². The van der Waals surface area contributed by atoms with Crippen molar-refractivity contribution in [3.8, 4) is 0 Å². The second-order valence-corrected chi connectivity index (χ2v) is 6.51. The third kappa shape index (κ3) is 2.86. The summed E-state index contributed by atoms with van der Waals surface area (Å²) in [6, 6.07) is 5.94. The largest absolute Gasteiger partial charge is 0.384 e. The fourth-order valence-electron chi connectivity index (χ4n) is 3.60. The van der Waals surface area contributed by atoms with Crippen LogP contribution in [0.15, 0.2) is 24.4 Å². The Labute approximate surface area is 145 Å². The van der Waals surface area contributed by atoms with E-state index in [9.17, 15) is 9.59 Å². The van der Waals surface area contributed by atoms with Crippen LogP contribution in [0.3, 0.4) is 0 Å². The van der Waals surface area contributed by atoms with Crippen molar-refractivity contribution in [2.75, 3.05) is 25.0 Å². The highest BCUT2D eigenvalue weighted by molar-refractivity contribution is 6.00. The minimum atomic E-state index is -0.518. The molecule has 0 atom stereocenters. The molecule has 0 fully saturated rings. The third-order valence-electron chi connectivity index (χ3n) is 4.92. The number of carbonyl (C=O) groups excluding carboxylic acids is 2. The number of rotatable bonds is 2. The first-order chi connectivity index (χ1) is 12.1. The molecule has 0 aliphatic carbocycles. The van der Waals surface area contributed by atoms with Gasteiger partial charge in [-0.1, -0.05) is 12.1 Å². The minimum absolute atomic E-state index is 0.0483. The molecular weight excluding hydrogens is 318 g/mol. The molecule has 3 heterocycles. The molecule has 0 radical (unpaired) electrons. The molecule has 1 aromatic carbocycles. The molecule has 1 aromatic heterocycles. The van der Waals surface area contributed by atoms with Crippen LogP contribution >= 0.6 is 0 Å². The van der Waals surface area contributed by atoms with Crippen molar-refractivity contribution in [3.05, 3.63) is 47.0 Å². The number of nitrogens with two attached hydrogens (primary N) is 1. The lowest BCUT2D eigenvalue weighted by atomic mass is 9.98. The predicted molar refractivity (Wildman–Crippen MR) is 93.6 cm³/mol. The lowest BCUT2D eigenvalue weighted by molar-refractivity contribution is 0.0759. The fraction of sp³-hybridized carbons (Fsp3) is 0.389. The number of hydrogen-bond acceptors (Lipinski definition) is 4. The van der Waals surface area contributed by atoms with Crippen molar-refractivity contribution < 1.29 is 9.59 Å². The van der Waals surface area contributed by atoms with E-state index in [2.05, 4.69) is 16.4 Å². The van der Waals surface area contributed by atoms with Gasteiger partial charge in [0.25, 0.3) is 11.8 Å². The number of nitrogens with zero attached hydrogens (tertiary/aromatic N) is 3. The molecule has 2 amide bonds. The topological polar surface area (TPSA) is 93.2 Å². The first-order valence-corrected chi connectivity index (χ1v) is 8.64. The number of carbonyl (C=O) groups is 2. The van der Waals surface area contributed by atoms with Crippen molar-refractivity contribution in [2.45, 2.75) is 25.8 Å². The van der Waals surface area contributed by atoms with Crippen molar-refractivity contribution in [3.63, 3.8) is 0 Å². The van der Waals surface area contributed by atoms with Gasteiger partial charge in [0.1, 0.15) is 11.5 Å². The second kappa shape index (κ2) is 6.23. The normalized spacial score (nSPS) is 16.4. The summed E-state index contributed by atoms with van der Waals surface area (Å²) in [6.07, 6.45) is 4.39. The highest BCUT2D eigenvalue weighted by Gasteiger charge is 2.25. The predicted octanol–water partition coefficient (Wildman–Crippen LogP) is 1.04. The zero-order valence-electron chi connectivity index (χ0n) is 14.0. The molecule has 4 rings (SSSR count). The number of imidazole rings is 1. The maximum atomic E-state index is 13.1. The van der Waals surface area contributed by atoms with E-state index in [-0.39, 0.29) is 11.6 Å². The zero-order valence-corrected chi connectivity index (χ0v) is 14.0. The van der Waals surface area contributed by atoms with Crippen molar-refractivity contribution in [1.29, 1.82) is 0 Å². The Morgan fingerprint density at radius 2 is 2.04 bits per heavy atom. The van der Waals surface area contributed by atoms with E-state index < -0.39 is 5.91 Å². The number of amides is 2. The average Bonchev–Trinajstić information content (AvgIpc) is 2.94. The minimum Gasteiger partial charge on any atom is -0.384 e. The maximum Gasteiger partial charge on any atom is 0.268 e. The highest BCUT2D eigenvalue weighted by Crippen LogP contribution is 2.27. The summed E-state index contributed by atoms with van der Waals surface area (Å²) in [5.41, 5.74) is 8.52. The van der Waals surface area contributed by atoms with Gasteiger partial charge in [0.05, 0.1) is 11.3 Å². The summed E-state index contributed by atoms with van der Waals surface area (Å²) in [5.74, 6) is 0.333. The Kier molecular flexibility index (Phi) is 3.91. The summed E-state index contributed by atoms with van der Waals surface area (Å²) < 4.78 is 1.92. The van der Waals surface area contributed by atoms with Crippen molar-refractivity contribution >= 4 is 17.5 Å². The average molecular weight is 339 g/mol. The standard InChI is InChI=1S/C18H21N5O2/c19-17(24)14-11-23-10-9-22(8-6-15(23)21-14)18(25)13-5-1-3-12-4-2-7-20-16(12)13/h1,3,5,11,20H,2,4,6-10H2,(H2,19,24). The fourth-order valence-corrected chi connectivity index (χ4v) is 3.60. The smallest absolute Gasteiger partial charge is 0.268 e. The van der Waals surface area contributed by atoms with E-state index in [0.717, 1.165) is 36.5 Å². The molecule has 0 bridgehead atoms. The Bertz CT molecular complexity index is 816. The van der Waals surface area contributed by atoms with Crippen LogP contribution in [-0.2, 0) is 19.4 Å². The van der Waals surface area contributed by atoms with Gasteiger partial charge in [0.2, 0.25) is 0 Å². The van der Waals surface area contributed by atoms with Gasteiger partial charge in [0, 0.05) is 38.8 Å². The summed E-state index contributed by atoms with van der Waals surface area (Å²) in [6.45, 7) is 2.69. The number of primary amides is 1. The number of hydrogen-bond donors (Lipinski definition) is 2. The number of para-hydroxylation sites is 1. The van der Waals surface area contributed by atoms with Gasteiger partial charge < -0.3 is 20.5 Å². The number of fused-ring (bicyclic) bond motifs is 2. The molecule has 7 heteroatoms. The van der Waals surface area contributed by atoms with Crippen LogP contribution in [0, 0.1) is 0 Å². The first-order valence-electron chi connectivity index (χ1n) is 8.64. The Balaban J connectivity index is 1.55. The van der Waals surface area contributed by atoms with E-state index in [1.165, 1.54) is 5.56 Å². The van der Waals surface area contributed by atoms with Crippen molar-refractivity contribution in [2.24, 2.45) is 5.73 Å². The van der Waals surface area contributed by atoms with Crippen LogP contribution in [0.4, 0.5) is 5.69 Å². The van der Waals surface area contributed by atoms with Gasteiger partial charge >= 0.3 is 0 Å². The van der Waals surface area contributed by atoms with E-state index >= 15 is 0 Å². The maximum absolute atomic E-state index is 13.1. The van der Waals surface area contributed by atoms with Crippen LogP contribution in [0.25, 0.3) is 0 Å². The third-order valence-corrected chi connectivity index (χ3v) is 4.92. The molecule has 25 heavy (non-hydrogen) atoms. The molecule has 2 aromatic rings. The van der Waals surface area contributed by atoms with Crippen LogP contribution < -0.4 is 11.1 Å². The summed E-state index contributed by atoms with van der Waals surface area (Å²) in [4.78, 5) is 30.5. The summed E-state index contributed by atoms with van der Waals surface area (Å²) in [5, 5.41) is 3.38. The van der Waals surface area contributed by atoms with Crippen LogP contribution in [0.1, 0.15) is 38.7 Å². The quantitative estimate of drug-likeness (QED) is 0.855. The van der Waals surface area contributed by atoms with E-state index in [1.807, 2.05) is 21.6 Å². The lowest BCUT2D eigenvalue weighted by Gasteiger charge is -2.25. The zero-order chi connectivity index (χ0) is 17.4. The molecule has 3 N–H and O–H groups in total. The van der Waals surface area contributed by atoms with Crippen LogP contribution in [0.2, 0.25) is 0 Å². The molecule has 2 aliphatic rings. The lowest BCUT2D eigenvalue weighted by Crippen LogP contribution is -2.34. The Morgan fingerprint density at radius 1 is 1.16 bits per heavy atom. The van der Waals surface area contributed by atoms with E-state index in [1.54, 1.807) is 6.20 Å². The van der Waals surface area contributed by atoms with Crippen LogP contribution in [-0.4, -0.2) is 45.9 Å². The number of nitrogens with one attached hydrogen (secondary N) is 1. The Morgan fingerprint density at radius 3 is 2.88 bits per heavy atom. The highest BCUT2D eigenvalue weighted by atomic mass is 16.2. The van der Waals surface area contributed by atoms with Gasteiger partial charge in [-0.2, -0.15) is 0 Å². The number of aromatic nitrogens is 2. The van der Waals surface area contributed by atoms with Gasteiger partial charge in [-0.15, -0.1) is 0 Å². The molecule has 0 spiro atoms. The summed E-state index contributed by atoms with van der Waals surface area (Å²) >= 11 is 0. The molecule has 0 unspecified atom stereocenters. The first kappa shape index (κ1) is 15.7. The van der Waals surface area contributed by atoms with Gasteiger partial charge in [-0.05, 0) is 24.5 Å². The molecule has 7 nitrogen and oxygen atoms in total. The molecular formula is C18H21N5O2. The van der Waals surface area contributed by atoms with Crippen molar-refractivity contribution in [1.82, 2.24) is 14.5 Å². The molecule has 0 saturated carbocycles. The molecule has 0 saturated heterocycles. The summed E-state index contributed by atoms with van der Waals surface area (Å²) in [7, 11) is 0. The number of anilines is 1. The monoisotopic (exact) mass is 339 g/mol. The number of aryl methyl sites for hydroxylation is 1. The second-order valence-electron chi connectivity index (χ2n) is 6.51. The SMILES string of the molecule is NC(=O)c1cn2c(n1)CCN(C(=O)c1cccc3c1NCCC3)CC2. The molecule has 2 aliphatic heterocycles. The van der Waals surface area contributed by atoms with Gasteiger partial charge in [0.15, 0.2) is 0 Å². The molecule has 130 valence electrons. The Hall–Kier alpha value is -2.83. The van der Waals surface area contributed by atoms with Gasteiger partial charge in [-0.25, -0.2) is 4.98 Å². The van der Waals surface area contributed by atoms with Crippen LogP contribution in [0.5, 0.6) is 0 Å². The van der Waals surface area contributed by atoms with Gasteiger partial charge in [-0.3, -0.25) is 9.59 Å². The number of benzene rings is 1.